The monoisotopic (exact) mass is 494 g/mol. The number of amides is 4. The van der Waals surface area contributed by atoms with Gasteiger partial charge in [0.2, 0.25) is 11.8 Å². The summed E-state index contributed by atoms with van der Waals surface area (Å²) in [6, 6.07) is 8.71. The fourth-order valence-electron chi connectivity index (χ4n) is 5.73. The number of nitrogens with one attached hydrogen (secondary N) is 1. The van der Waals surface area contributed by atoms with Gasteiger partial charge in [0, 0.05) is 37.3 Å². The molecular weight excluding hydrogens is 468 g/mol. The molecule has 2 fully saturated rings. The van der Waals surface area contributed by atoms with E-state index < -0.39 is 34.2 Å². The predicted molar refractivity (Wildman–Crippen MR) is 128 cm³/mol. The highest BCUT2D eigenvalue weighted by atomic mass is 16.6. The lowest BCUT2D eigenvalue weighted by Gasteiger charge is -2.49. The molecule has 3 heterocycles. The number of nitro benzene ring substituents is 1. The number of urea groups is 1. The van der Waals surface area contributed by atoms with E-state index in [1.54, 1.807) is 18.2 Å². The summed E-state index contributed by atoms with van der Waals surface area (Å²) in [6.07, 6.45) is 1.71. The Kier molecular flexibility index (Phi) is 5.77. The molecule has 3 aliphatic heterocycles. The summed E-state index contributed by atoms with van der Waals surface area (Å²) >= 11 is 0. The number of ether oxygens (including phenoxy) is 2. The molecule has 1 N–H and O–H groups in total. The SMILES string of the molecule is COc1ccc(CCN2C(=O)NC(=O)[C@@]3(Cc4cc([N+](=O)[O-])ccc4N4CCC[C@@H]43)C2=O)cc1OC. The molecule has 188 valence electrons. The average Bonchev–Trinajstić information content (AvgIpc) is 3.37. The second-order valence-electron chi connectivity index (χ2n) is 9.23. The van der Waals surface area contributed by atoms with Crippen LogP contribution >= 0.6 is 0 Å². The van der Waals surface area contributed by atoms with Crippen LogP contribution in [0.1, 0.15) is 24.0 Å². The van der Waals surface area contributed by atoms with Crippen molar-refractivity contribution in [3.63, 3.8) is 0 Å². The molecule has 2 atom stereocenters. The number of nitrogens with zero attached hydrogens (tertiary/aromatic N) is 3. The Labute approximate surface area is 207 Å². The summed E-state index contributed by atoms with van der Waals surface area (Å²) in [7, 11) is 3.06. The van der Waals surface area contributed by atoms with Crippen LogP contribution in [0.2, 0.25) is 0 Å². The van der Waals surface area contributed by atoms with Crippen molar-refractivity contribution >= 4 is 29.2 Å². The van der Waals surface area contributed by atoms with Crippen LogP contribution in [-0.4, -0.2) is 61.0 Å². The number of hydrogen-bond donors (Lipinski definition) is 1. The fourth-order valence-corrected chi connectivity index (χ4v) is 5.73. The van der Waals surface area contributed by atoms with Gasteiger partial charge in [-0.15, -0.1) is 0 Å². The molecule has 2 saturated heterocycles. The van der Waals surface area contributed by atoms with Crippen molar-refractivity contribution in [2.24, 2.45) is 5.41 Å². The number of hydrogen-bond acceptors (Lipinski definition) is 8. The Morgan fingerprint density at radius 1 is 1.11 bits per heavy atom. The zero-order chi connectivity index (χ0) is 25.6. The van der Waals surface area contributed by atoms with E-state index in [9.17, 15) is 24.5 Å². The van der Waals surface area contributed by atoms with Gasteiger partial charge in [-0.3, -0.25) is 29.9 Å². The van der Waals surface area contributed by atoms with Crippen LogP contribution < -0.4 is 19.7 Å². The fraction of sp³-hybridized carbons (Fsp3) is 0.400. The van der Waals surface area contributed by atoms with Crippen LogP contribution in [0.4, 0.5) is 16.2 Å². The summed E-state index contributed by atoms with van der Waals surface area (Å²) < 4.78 is 10.6. The molecule has 0 unspecified atom stereocenters. The van der Waals surface area contributed by atoms with Crippen LogP contribution in [-0.2, 0) is 22.4 Å². The molecule has 2 aromatic rings. The number of carbonyl (C=O) groups excluding carboxylic acids is 3. The lowest BCUT2D eigenvalue weighted by molar-refractivity contribution is -0.384. The molecule has 0 radical (unpaired) electrons. The maximum absolute atomic E-state index is 14.0. The van der Waals surface area contributed by atoms with Crippen molar-refractivity contribution in [1.29, 1.82) is 0 Å². The van der Waals surface area contributed by atoms with Crippen LogP contribution in [0, 0.1) is 15.5 Å². The third kappa shape index (κ3) is 3.53. The number of anilines is 1. The second-order valence-corrected chi connectivity index (χ2v) is 9.23. The highest BCUT2D eigenvalue weighted by molar-refractivity contribution is 6.20. The van der Waals surface area contributed by atoms with Gasteiger partial charge in [-0.1, -0.05) is 6.07 Å². The first-order valence-corrected chi connectivity index (χ1v) is 11.7. The van der Waals surface area contributed by atoms with Gasteiger partial charge in [0.05, 0.1) is 25.2 Å². The molecule has 11 heteroatoms. The number of fused-ring (bicyclic) bond motifs is 4. The molecule has 3 aliphatic rings. The summed E-state index contributed by atoms with van der Waals surface area (Å²) in [4.78, 5) is 54.1. The largest absolute Gasteiger partial charge is 0.493 e. The minimum absolute atomic E-state index is 0.00398. The lowest BCUT2D eigenvalue weighted by Crippen LogP contribution is -2.71. The minimum Gasteiger partial charge on any atom is -0.493 e. The zero-order valence-electron chi connectivity index (χ0n) is 20.0. The summed E-state index contributed by atoms with van der Waals surface area (Å²) in [5, 5.41) is 13.8. The van der Waals surface area contributed by atoms with Crippen LogP contribution in [0.25, 0.3) is 0 Å². The van der Waals surface area contributed by atoms with Crippen molar-refractivity contribution in [2.75, 3.05) is 32.2 Å². The molecule has 0 aliphatic carbocycles. The summed E-state index contributed by atoms with van der Waals surface area (Å²) in [5.41, 5.74) is 0.533. The highest BCUT2D eigenvalue weighted by Crippen LogP contribution is 2.49. The van der Waals surface area contributed by atoms with E-state index in [1.807, 2.05) is 11.0 Å². The molecule has 1 spiro atoms. The van der Waals surface area contributed by atoms with Crippen molar-refractivity contribution in [1.82, 2.24) is 10.2 Å². The maximum atomic E-state index is 14.0. The van der Waals surface area contributed by atoms with Crippen molar-refractivity contribution in [3.05, 3.63) is 57.6 Å². The van der Waals surface area contributed by atoms with Crippen molar-refractivity contribution in [2.45, 2.75) is 31.7 Å². The molecule has 0 bridgehead atoms. The number of nitro groups is 1. The highest BCUT2D eigenvalue weighted by Gasteiger charge is 2.62. The predicted octanol–water partition coefficient (Wildman–Crippen LogP) is 2.44. The Bertz CT molecular complexity index is 1280. The Balaban J connectivity index is 1.48. The van der Waals surface area contributed by atoms with E-state index in [0.717, 1.165) is 22.6 Å². The quantitative estimate of drug-likeness (QED) is 0.368. The molecule has 36 heavy (non-hydrogen) atoms. The van der Waals surface area contributed by atoms with E-state index in [0.29, 0.717) is 36.4 Å². The van der Waals surface area contributed by atoms with Crippen molar-refractivity contribution in [3.8, 4) is 11.5 Å². The number of rotatable bonds is 6. The molecule has 2 aromatic carbocycles. The average molecular weight is 495 g/mol. The summed E-state index contributed by atoms with van der Waals surface area (Å²) in [6.45, 7) is 0.682. The lowest BCUT2D eigenvalue weighted by atomic mass is 9.68. The van der Waals surface area contributed by atoms with Gasteiger partial charge in [0.25, 0.3) is 5.69 Å². The standard InChI is InChI=1S/C25H26N4O7/c1-35-19-8-5-15(12-20(19)36-2)9-11-28-23(31)25(22(30)26-24(28)32)14-16-13-17(29(33)34)6-7-18(16)27-10-3-4-21(25)27/h5-8,12-13,21H,3-4,9-11,14H2,1-2H3,(H,26,30,32)/t21-,25+/m1/s1. The number of non-ortho nitro benzene ring substituents is 1. The van der Waals surface area contributed by atoms with E-state index in [2.05, 4.69) is 5.32 Å². The van der Waals surface area contributed by atoms with Gasteiger partial charge in [0.15, 0.2) is 16.9 Å². The second kappa shape index (κ2) is 8.81. The van der Waals surface area contributed by atoms with Crippen molar-refractivity contribution < 1.29 is 28.8 Å². The maximum Gasteiger partial charge on any atom is 0.330 e. The van der Waals surface area contributed by atoms with Gasteiger partial charge >= 0.3 is 6.03 Å². The number of methoxy groups -OCH3 is 2. The Hall–Kier alpha value is -4.15. The van der Waals surface area contributed by atoms with Crippen LogP contribution in [0.3, 0.4) is 0 Å². The number of benzene rings is 2. The first-order valence-electron chi connectivity index (χ1n) is 11.7. The third-order valence-corrected chi connectivity index (χ3v) is 7.44. The van der Waals surface area contributed by atoms with E-state index in [4.69, 9.17) is 9.47 Å². The molecule has 5 rings (SSSR count). The van der Waals surface area contributed by atoms with Crippen LogP contribution in [0.15, 0.2) is 36.4 Å². The number of barbiturate groups is 1. The topological polar surface area (TPSA) is 131 Å². The molecule has 0 saturated carbocycles. The van der Waals surface area contributed by atoms with E-state index in [-0.39, 0.29) is 18.7 Å². The van der Waals surface area contributed by atoms with E-state index in [1.165, 1.54) is 26.4 Å². The van der Waals surface area contributed by atoms with Gasteiger partial charge < -0.3 is 14.4 Å². The number of carbonyl (C=O) groups is 3. The van der Waals surface area contributed by atoms with Gasteiger partial charge in [-0.25, -0.2) is 4.79 Å². The normalized spacial score (nSPS) is 22.8. The third-order valence-electron chi connectivity index (χ3n) is 7.44. The summed E-state index contributed by atoms with van der Waals surface area (Å²) in [5.74, 6) is -0.114. The van der Waals surface area contributed by atoms with Crippen LogP contribution in [0.5, 0.6) is 11.5 Å². The van der Waals surface area contributed by atoms with Gasteiger partial charge in [0.1, 0.15) is 0 Å². The minimum atomic E-state index is -1.54. The van der Waals surface area contributed by atoms with Gasteiger partial charge in [-0.2, -0.15) is 0 Å². The van der Waals surface area contributed by atoms with Gasteiger partial charge in [-0.05, 0) is 48.6 Å². The van der Waals surface area contributed by atoms with E-state index >= 15 is 0 Å². The molecule has 11 nitrogen and oxygen atoms in total. The Morgan fingerprint density at radius 2 is 1.89 bits per heavy atom. The number of imide groups is 2. The first kappa shape index (κ1) is 23.6. The smallest absolute Gasteiger partial charge is 0.330 e. The molecule has 4 amide bonds. The first-order chi connectivity index (χ1) is 17.3. The Morgan fingerprint density at radius 3 is 2.61 bits per heavy atom. The molecular formula is C25H26N4O7. The zero-order valence-corrected chi connectivity index (χ0v) is 20.0. The molecule has 0 aromatic heterocycles.